The lowest BCUT2D eigenvalue weighted by molar-refractivity contribution is 0.131. The maximum atomic E-state index is 4.76. The first-order chi connectivity index (χ1) is 7.61. The van der Waals surface area contributed by atoms with Gasteiger partial charge in [0.25, 0.3) is 0 Å². The summed E-state index contributed by atoms with van der Waals surface area (Å²) >= 11 is 1.85. The molecule has 1 saturated heterocycles. The third-order valence-electron chi connectivity index (χ3n) is 3.41. The van der Waals surface area contributed by atoms with Crippen molar-refractivity contribution in [2.45, 2.75) is 25.8 Å². The van der Waals surface area contributed by atoms with Gasteiger partial charge in [-0.05, 0) is 20.4 Å². The highest BCUT2D eigenvalue weighted by Crippen LogP contribution is 2.29. The van der Waals surface area contributed by atoms with Crippen molar-refractivity contribution in [3.8, 4) is 0 Å². The fraction of sp³-hybridized carbons (Fsp3) is 0.909. The normalized spacial score (nSPS) is 32.8. The van der Waals surface area contributed by atoms with Gasteiger partial charge in [-0.25, -0.2) is 5.01 Å². The molecular weight excluding hydrogens is 220 g/mol. The number of piperazine rings is 1. The molecule has 4 nitrogen and oxygen atoms in total. The second-order valence-electron chi connectivity index (χ2n) is 4.96. The standard InChI is InChI=1S/C11H22N4S/c1-4-11(2)9-16-10(12-11)13-15-7-5-14(3)6-8-15/h4-9H2,1-3H3,(H,12,13). The molecule has 2 aliphatic heterocycles. The maximum Gasteiger partial charge on any atom is 0.171 e. The van der Waals surface area contributed by atoms with E-state index in [9.17, 15) is 0 Å². The van der Waals surface area contributed by atoms with E-state index in [2.05, 4.69) is 36.2 Å². The average molecular weight is 242 g/mol. The van der Waals surface area contributed by atoms with E-state index in [0.29, 0.717) is 0 Å². The quantitative estimate of drug-likeness (QED) is 0.783. The highest BCUT2D eigenvalue weighted by molar-refractivity contribution is 8.14. The van der Waals surface area contributed by atoms with Crippen molar-refractivity contribution in [1.82, 2.24) is 15.3 Å². The highest BCUT2D eigenvalue weighted by Gasteiger charge is 2.29. The number of nitrogens with zero attached hydrogens (tertiary/aromatic N) is 3. The molecule has 16 heavy (non-hydrogen) atoms. The summed E-state index contributed by atoms with van der Waals surface area (Å²) < 4.78 is 0. The Bertz CT molecular complexity index is 273. The first kappa shape index (κ1) is 12.2. The van der Waals surface area contributed by atoms with Crippen LogP contribution in [0.4, 0.5) is 0 Å². The van der Waals surface area contributed by atoms with Gasteiger partial charge in [-0.3, -0.25) is 10.4 Å². The summed E-state index contributed by atoms with van der Waals surface area (Å²) in [6.45, 7) is 8.88. The smallest absolute Gasteiger partial charge is 0.171 e. The van der Waals surface area contributed by atoms with Gasteiger partial charge in [-0.2, -0.15) is 0 Å². The van der Waals surface area contributed by atoms with Crippen molar-refractivity contribution in [3.05, 3.63) is 0 Å². The molecule has 0 saturated carbocycles. The van der Waals surface area contributed by atoms with Gasteiger partial charge in [-0.1, -0.05) is 18.7 Å². The summed E-state index contributed by atoms with van der Waals surface area (Å²) in [6, 6.07) is 0. The predicted octanol–water partition coefficient (Wildman–Crippen LogP) is 1.01. The van der Waals surface area contributed by atoms with Crippen LogP contribution in [0.3, 0.4) is 0 Å². The van der Waals surface area contributed by atoms with E-state index in [0.717, 1.165) is 43.5 Å². The van der Waals surface area contributed by atoms with Gasteiger partial charge < -0.3 is 4.90 Å². The van der Waals surface area contributed by atoms with Gasteiger partial charge in [0.05, 0.1) is 5.54 Å². The Morgan fingerprint density at radius 2 is 2.06 bits per heavy atom. The number of amidine groups is 1. The van der Waals surface area contributed by atoms with Crippen LogP contribution in [0.2, 0.25) is 0 Å². The van der Waals surface area contributed by atoms with E-state index >= 15 is 0 Å². The van der Waals surface area contributed by atoms with Gasteiger partial charge in [0, 0.05) is 31.9 Å². The van der Waals surface area contributed by atoms with Crippen molar-refractivity contribution in [3.63, 3.8) is 0 Å². The Kier molecular flexibility index (Phi) is 3.77. The maximum absolute atomic E-state index is 4.76. The summed E-state index contributed by atoms with van der Waals surface area (Å²) in [6.07, 6.45) is 1.12. The molecule has 0 radical (unpaired) electrons. The van der Waals surface area contributed by atoms with Crippen LogP contribution >= 0.6 is 11.8 Å². The van der Waals surface area contributed by atoms with E-state index in [1.54, 1.807) is 0 Å². The minimum absolute atomic E-state index is 0.152. The molecule has 92 valence electrons. The molecular formula is C11H22N4S. The van der Waals surface area contributed by atoms with Crippen molar-refractivity contribution in [1.29, 1.82) is 0 Å². The molecule has 0 aromatic heterocycles. The molecule has 0 aromatic rings. The number of rotatable bonds is 2. The number of hydrogen-bond acceptors (Lipinski definition) is 5. The largest absolute Gasteiger partial charge is 0.304 e. The first-order valence-corrected chi connectivity index (χ1v) is 7.03. The average Bonchev–Trinajstić information content (AvgIpc) is 2.65. The van der Waals surface area contributed by atoms with Gasteiger partial charge in [0.2, 0.25) is 0 Å². The van der Waals surface area contributed by atoms with Gasteiger partial charge in [0.15, 0.2) is 5.17 Å². The lowest BCUT2D eigenvalue weighted by atomic mass is 10.0. The molecule has 2 aliphatic rings. The third-order valence-corrected chi connectivity index (χ3v) is 4.63. The van der Waals surface area contributed by atoms with E-state index in [-0.39, 0.29) is 5.54 Å². The van der Waals surface area contributed by atoms with E-state index in [1.807, 2.05) is 11.8 Å². The van der Waals surface area contributed by atoms with Crippen LogP contribution in [0.1, 0.15) is 20.3 Å². The Labute approximate surface area is 102 Å². The molecule has 0 bridgehead atoms. The van der Waals surface area contributed by atoms with E-state index in [4.69, 9.17) is 4.99 Å². The van der Waals surface area contributed by atoms with Crippen LogP contribution in [0.15, 0.2) is 4.99 Å². The number of likely N-dealkylation sites (N-methyl/N-ethyl adjacent to an activating group) is 1. The zero-order valence-electron chi connectivity index (χ0n) is 10.5. The number of hydrazine groups is 1. The SMILES string of the molecule is CCC1(C)CSC(NN2CCN(C)CC2)=N1. The predicted molar refractivity (Wildman–Crippen MR) is 70.8 cm³/mol. The molecule has 1 fully saturated rings. The zero-order valence-corrected chi connectivity index (χ0v) is 11.3. The van der Waals surface area contributed by atoms with E-state index < -0.39 is 0 Å². The minimum Gasteiger partial charge on any atom is -0.304 e. The molecule has 0 aliphatic carbocycles. The van der Waals surface area contributed by atoms with Crippen LogP contribution in [-0.2, 0) is 0 Å². The second kappa shape index (κ2) is 4.94. The molecule has 1 atom stereocenters. The summed E-state index contributed by atoms with van der Waals surface area (Å²) in [5, 5.41) is 3.39. The molecule has 2 rings (SSSR count). The Balaban J connectivity index is 1.84. The monoisotopic (exact) mass is 242 g/mol. The Morgan fingerprint density at radius 3 is 2.62 bits per heavy atom. The van der Waals surface area contributed by atoms with Crippen LogP contribution in [0, 0.1) is 0 Å². The lowest BCUT2D eigenvalue weighted by Crippen LogP contribution is -2.51. The van der Waals surface area contributed by atoms with Crippen LogP contribution < -0.4 is 5.43 Å². The van der Waals surface area contributed by atoms with Gasteiger partial charge >= 0.3 is 0 Å². The summed E-state index contributed by atoms with van der Waals surface area (Å²) in [4.78, 5) is 7.12. The summed E-state index contributed by atoms with van der Waals surface area (Å²) in [7, 11) is 2.17. The molecule has 0 spiro atoms. The third kappa shape index (κ3) is 2.90. The van der Waals surface area contributed by atoms with Crippen molar-refractivity contribution in [2.75, 3.05) is 39.0 Å². The Hall–Kier alpha value is -0.260. The Morgan fingerprint density at radius 1 is 1.38 bits per heavy atom. The number of nitrogens with one attached hydrogen (secondary N) is 1. The lowest BCUT2D eigenvalue weighted by Gasteiger charge is -2.32. The number of thioether (sulfide) groups is 1. The topological polar surface area (TPSA) is 30.9 Å². The number of hydrogen-bond donors (Lipinski definition) is 1. The molecule has 1 unspecified atom stereocenters. The van der Waals surface area contributed by atoms with E-state index in [1.165, 1.54) is 0 Å². The second-order valence-corrected chi connectivity index (χ2v) is 5.92. The first-order valence-electron chi connectivity index (χ1n) is 6.04. The van der Waals surface area contributed by atoms with Gasteiger partial charge in [-0.15, -0.1) is 0 Å². The van der Waals surface area contributed by atoms with Crippen molar-refractivity contribution in [2.24, 2.45) is 4.99 Å². The molecule has 2 heterocycles. The molecule has 5 heteroatoms. The zero-order chi connectivity index (χ0) is 11.6. The van der Waals surface area contributed by atoms with Crippen LogP contribution in [0.25, 0.3) is 0 Å². The van der Waals surface area contributed by atoms with Crippen LogP contribution in [-0.4, -0.2) is 59.6 Å². The van der Waals surface area contributed by atoms with Crippen molar-refractivity contribution < 1.29 is 0 Å². The summed E-state index contributed by atoms with van der Waals surface area (Å²) in [5.74, 6) is 1.11. The fourth-order valence-corrected chi connectivity index (χ4v) is 3.02. The van der Waals surface area contributed by atoms with Crippen molar-refractivity contribution >= 4 is 16.9 Å². The summed E-state index contributed by atoms with van der Waals surface area (Å²) in [5.41, 5.74) is 3.60. The highest BCUT2D eigenvalue weighted by atomic mass is 32.2. The van der Waals surface area contributed by atoms with Crippen LogP contribution in [0.5, 0.6) is 0 Å². The molecule has 1 N–H and O–H groups in total. The molecule has 0 aromatic carbocycles. The number of aliphatic imine (C=N–C) groups is 1. The minimum atomic E-state index is 0.152. The van der Waals surface area contributed by atoms with Gasteiger partial charge in [0.1, 0.15) is 0 Å². The fourth-order valence-electron chi connectivity index (χ4n) is 1.83. The molecule has 0 amide bonds.